The second kappa shape index (κ2) is 5.69. The van der Waals surface area contributed by atoms with Crippen molar-refractivity contribution in [3.8, 4) is 0 Å². The van der Waals surface area contributed by atoms with Crippen LogP contribution >= 0.6 is 0 Å². The van der Waals surface area contributed by atoms with Crippen LogP contribution in [0.2, 0.25) is 0 Å². The molecule has 2 unspecified atom stereocenters. The maximum absolute atomic E-state index is 12.3. The first-order valence-electron chi connectivity index (χ1n) is 7.19. The third-order valence-corrected chi connectivity index (χ3v) is 3.87. The normalized spacial score (nSPS) is 22.3. The predicted octanol–water partition coefficient (Wildman–Crippen LogP) is 1.21. The summed E-state index contributed by atoms with van der Waals surface area (Å²) in [5, 5.41) is 6.35. The predicted molar refractivity (Wildman–Crippen MR) is 84.7 cm³/mol. The number of likely N-dealkylation sites (N-methyl/N-ethyl adjacent to an activating group) is 1. The van der Waals surface area contributed by atoms with Crippen LogP contribution in [0.4, 0.5) is 5.69 Å². The molecule has 0 bridgehead atoms. The van der Waals surface area contributed by atoms with Crippen LogP contribution < -0.4 is 10.6 Å². The molecule has 2 aliphatic heterocycles. The molecule has 0 saturated heterocycles. The van der Waals surface area contributed by atoms with Gasteiger partial charge in [-0.2, -0.15) is 0 Å². The van der Waals surface area contributed by atoms with E-state index in [9.17, 15) is 4.79 Å². The Kier molecular flexibility index (Phi) is 3.75. The fourth-order valence-electron chi connectivity index (χ4n) is 2.79. The van der Waals surface area contributed by atoms with E-state index < -0.39 is 0 Å². The molecule has 1 aromatic rings. The molecule has 0 aliphatic carbocycles. The van der Waals surface area contributed by atoms with Crippen molar-refractivity contribution < 1.29 is 4.79 Å². The highest BCUT2D eigenvalue weighted by molar-refractivity contribution is 6.42. The Labute approximate surface area is 124 Å². The number of anilines is 1. The van der Waals surface area contributed by atoms with Gasteiger partial charge in [-0.05, 0) is 25.7 Å². The van der Waals surface area contributed by atoms with Gasteiger partial charge in [0.1, 0.15) is 5.71 Å². The van der Waals surface area contributed by atoms with Crippen LogP contribution in [0, 0.1) is 0 Å². The van der Waals surface area contributed by atoms with Gasteiger partial charge in [0.05, 0.1) is 6.04 Å². The summed E-state index contributed by atoms with van der Waals surface area (Å²) in [6, 6.07) is 8.11. The Hall–Kier alpha value is -2.14. The lowest BCUT2D eigenvalue weighted by Crippen LogP contribution is -2.44. The van der Waals surface area contributed by atoms with Gasteiger partial charge in [-0.1, -0.05) is 24.3 Å². The van der Waals surface area contributed by atoms with Crippen LogP contribution in [0.3, 0.4) is 0 Å². The van der Waals surface area contributed by atoms with E-state index in [2.05, 4.69) is 27.8 Å². The fraction of sp³-hybridized carbons (Fsp3) is 0.375. The first-order chi connectivity index (χ1) is 10.2. The van der Waals surface area contributed by atoms with Gasteiger partial charge in [-0.25, -0.2) is 0 Å². The molecule has 3 rings (SSSR count). The van der Waals surface area contributed by atoms with E-state index in [1.165, 1.54) is 5.56 Å². The lowest BCUT2D eigenvalue weighted by atomic mass is 9.90. The van der Waals surface area contributed by atoms with Crippen LogP contribution in [-0.2, 0) is 4.79 Å². The molecule has 5 heteroatoms. The van der Waals surface area contributed by atoms with E-state index in [1.807, 2.05) is 37.2 Å². The monoisotopic (exact) mass is 284 g/mol. The standard InChI is InChI=1S/C16H20N4O/c1-20(2)10-9-18-16(21)15-14-12(7-8-17-15)11-5-3-4-6-13(11)19-14/h3-8,12,14,19H,9-10H2,1-2H3,(H,18,21). The summed E-state index contributed by atoms with van der Waals surface area (Å²) in [6.45, 7) is 1.44. The smallest absolute Gasteiger partial charge is 0.267 e. The Morgan fingerprint density at radius 2 is 2.19 bits per heavy atom. The van der Waals surface area contributed by atoms with E-state index in [0.717, 1.165) is 12.2 Å². The summed E-state index contributed by atoms with van der Waals surface area (Å²) in [7, 11) is 3.97. The second-order valence-electron chi connectivity index (χ2n) is 5.65. The van der Waals surface area contributed by atoms with Crippen molar-refractivity contribution >= 4 is 17.3 Å². The molecule has 0 aromatic heterocycles. The Morgan fingerprint density at radius 3 is 3.00 bits per heavy atom. The van der Waals surface area contributed by atoms with Gasteiger partial charge in [0.2, 0.25) is 0 Å². The molecule has 21 heavy (non-hydrogen) atoms. The zero-order chi connectivity index (χ0) is 14.8. The van der Waals surface area contributed by atoms with Gasteiger partial charge in [-0.3, -0.25) is 9.79 Å². The van der Waals surface area contributed by atoms with E-state index >= 15 is 0 Å². The molecule has 0 saturated carbocycles. The van der Waals surface area contributed by atoms with Crippen LogP contribution in [-0.4, -0.2) is 49.7 Å². The minimum atomic E-state index is -0.0866. The molecule has 2 atom stereocenters. The molecular formula is C16H20N4O. The molecule has 2 aliphatic rings. The highest BCUT2D eigenvalue weighted by Gasteiger charge is 2.37. The van der Waals surface area contributed by atoms with Crippen molar-refractivity contribution in [2.45, 2.75) is 12.0 Å². The molecular weight excluding hydrogens is 264 g/mol. The summed E-state index contributed by atoms with van der Waals surface area (Å²) < 4.78 is 0. The zero-order valence-corrected chi connectivity index (χ0v) is 12.3. The lowest BCUT2D eigenvalue weighted by molar-refractivity contribution is -0.115. The third kappa shape index (κ3) is 2.69. The number of nitrogens with one attached hydrogen (secondary N) is 2. The van der Waals surface area contributed by atoms with Crippen LogP contribution in [0.5, 0.6) is 0 Å². The summed E-state index contributed by atoms with van der Waals surface area (Å²) in [5.74, 6) is 0.102. The fourth-order valence-corrected chi connectivity index (χ4v) is 2.79. The SMILES string of the molecule is CN(C)CCNC(=O)C1=NC=CC2c3ccccc3NC12. The Morgan fingerprint density at radius 1 is 1.38 bits per heavy atom. The minimum Gasteiger partial charge on any atom is -0.375 e. The molecule has 0 spiro atoms. The Bertz CT molecular complexity index is 606. The number of carbonyl (C=O) groups is 1. The van der Waals surface area contributed by atoms with Crippen LogP contribution in [0.25, 0.3) is 0 Å². The maximum Gasteiger partial charge on any atom is 0.267 e. The zero-order valence-electron chi connectivity index (χ0n) is 12.3. The van der Waals surface area contributed by atoms with Gasteiger partial charge < -0.3 is 15.5 Å². The molecule has 0 radical (unpaired) electrons. The van der Waals surface area contributed by atoms with E-state index in [0.29, 0.717) is 12.3 Å². The van der Waals surface area contributed by atoms with Crippen molar-refractivity contribution in [2.75, 3.05) is 32.5 Å². The summed E-state index contributed by atoms with van der Waals surface area (Å²) in [5.41, 5.74) is 2.89. The van der Waals surface area contributed by atoms with E-state index in [-0.39, 0.29) is 17.9 Å². The van der Waals surface area contributed by atoms with E-state index in [1.54, 1.807) is 6.20 Å². The maximum atomic E-state index is 12.3. The molecule has 2 N–H and O–H groups in total. The molecule has 1 aromatic carbocycles. The average Bonchev–Trinajstić information content (AvgIpc) is 2.85. The molecule has 1 amide bonds. The number of amides is 1. The molecule has 5 nitrogen and oxygen atoms in total. The third-order valence-electron chi connectivity index (χ3n) is 3.87. The number of hydrogen-bond donors (Lipinski definition) is 2. The van der Waals surface area contributed by atoms with Crippen molar-refractivity contribution in [1.29, 1.82) is 0 Å². The summed E-state index contributed by atoms with van der Waals surface area (Å²) in [6.07, 6.45) is 3.80. The number of fused-ring (bicyclic) bond motifs is 3. The quantitative estimate of drug-likeness (QED) is 0.874. The van der Waals surface area contributed by atoms with Crippen LogP contribution in [0.15, 0.2) is 41.5 Å². The van der Waals surface area contributed by atoms with Crippen molar-refractivity contribution in [1.82, 2.24) is 10.2 Å². The van der Waals surface area contributed by atoms with E-state index in [4.69, 9.17) is 0 Å². The van der Waals surface area contributed by atoms with Gasteiger partial charge in [0.15, 0.2) is 0 Å². The topological polar surface area (TPSA) is 56.7 Å². The lowest BCUT2D eigenvalue weighted by Gasteiger charge is -2.22. The first-order valence-corrected chi connectivity index (χ1v) is 7.19. The van der Waals surface area contributed by atoms with Gasteiger partial charge in [0.25, 0.3) is 5.91 Å². The number of aliphatic imine (C=N–C) groups is 1. The number of carbonyl (C=O) groups excluding carboxylic acids is 1. The summed E-state index contributed by atoms with van der Waals surface area (Å²) in [4.78, 5) is 18.7. The summed E-state index contributed by atoms with van der Waals surface area (Å²) >= 11 is 0. The Balaban J connectivity index is 1.72. The molecule has 110 valence electrons. The van der Waals surface area contributed by atoms with Crippen molar-refractivity contribution in [2.24, 2.45) is 4.99 Å². The average molecular weight is 284 g/mol. The van der Waals surface area contributed by atoms with Gasteiger partial charge in [0, 0.05) is 30.9 Å². The second-order valence-corrected chi connectivity index (χ2v) is 5.65. The number of hydrogen-bond acceptors (Lipinski definition) is 4. The number of nitrogens with zero attached hydrogens (tertiary/aromatic N) is 2. The molecule has 2 heterocycles. The minimum absolute atomic E-state index is 0.0632. The van der Waals surface area contributed by atoms with Crippen LogP contribution in [0.1, 0.15) is 11.5 Å². The largest absolute Gasteiger partial charge is 0.375 e. The van der Waals surface area contributed by atoms with Crippen molar-refractivity contribution in [3.05, 3.63) is 42.1 Å². The van der Waals surface area contributed by atoms with Gasteiger partial charge in [-0.15, -0.1) is 0 Å². The van der Waals surface area contributed by atoms with Gasteiger partial charge >= 0.3 is 0 Å². The number of rotatable bonds is 4. The van der Waals surface area contributed by atoms with Crippen molar-refractivity contribution in [3.63, 3.8) is 0 Å². The highest BCUT2D eigenvalue weighted by atomic mass is 16.1. The number of benzene rings is 1. The number of para-hydroxylation sites is 1. The molecule has 0 fully saturated rings. The first kappa shape index (κ1) is 13.8. The highest BCUT2D eigenvalue weighted by Crippen LogP contribution is 2.38.